The number of aryl methyl sites for hydroxylation is 2. The minimum atomic E-state index is 1.09. The van der Waals surface area contributed by atoms with Gasteiger partial charge in [0.25, 0.3) is 0 Å². The van der Waals surface area contributed by atoms with Gasteiger partial charge in [0.1, 0.15) is 0 Å². The number of aromatic nitrogens is 1. The van der Waals surface area contributed by atoms with E-state index in [0.29, 0.717) is 0 Å². The number of nitrogens with zero attached hydrogens (tertiary/aromatic N) is 1. The summed E-state index contributed by atoms with van der Waals surface area (Å²) < 4.78 is 0. The maximum atomic E-state index is 4.66. The molecule has 0 amide bonds. The van der Waals surface area contributed by atoms with E-state index in [1.54, 1.807) is 0 Å². The highest BCUT2D eigenvalue weighted by Gasteiger charge is 2.05. The summed E-state index contributed by atoms with van der Waals surface area (Å²) in [5.41, 5.74) is 3.49. The topological polar surface area (TPSA) is 12.9 Å². The smallest absolute Gasteiger partial charge is 0.0714 e. The minimum Gasteiger partial charge on any atom is -0.252 e. The van der Waals surface area contributed by atoms with E-state index in [-0.39, 0.29) is 0 Å². The fourth-order valence-corrected chi connectivity index (χ4v) is 2.35. The van der Waals surface area contributed by atoms with Crippen LogP contribution < -0.4 is 0 Å². The van der Waals surface area contributed by atoms with E-state index in [1.807, 2.05) is 0 Å². The van der Waals surface area contributed by atoms with Gasteiger partial charge in [-0.2, -0.15) is 0 Å². The molecule has 0 atom stereocenters. The lowest BCUT2D eigenvalue weighted by molar-refractivity contribution is 1.28. The Kier molecular flexibility index (Phi) is 1.93. The summed E-state index contributed by atoms with van der Waals surface area (Å²) in [4.78, 5) is 4.66. The molecule has 0 radical (unpaired) electrons. The van der Waals surface area contributed by atoms with E-state index in [0.717, 1.165) is 11.2 Å². The lowest BCUT2D eigenvalue weighted by atomic mass is 10.0. The molecule has 1 nitrogen and oxygen atoms in total. The highest BCUT2D eigenvalue weighted by atomic mass is 14.7. The average Bonchev–Trinajstić information content (AvgIpc) is 2.29. The van der Waals surface area contributed by atoms with E-state index < -0.39 is 0 Å². The van der Waals surface area contributed by atoms with Gasteiger partial charge >= 0.3 is 0 Å². The van der Waals surface area contributed by atoms with Crippen LogP contribution in [-0.2, 0) is 0 Å². The third-order valence-corrected chi connectivity index (χ3v) is 3.13. The van der Waals surface area contributed by atoms with Crippen LogP contribution in [0.3, 0.4) is 0 Å². The van der Waals surface area contributed by atoms with E-state index in [4.69, 9.17) is 0 Å². The van der Waals surface area contributed by atoms with Gasteiger partial charge in [0.2, 0.25) is 0 Å². The largest absolute Gasteiger partial charge is 0.252 e. The monoisotopic (exact) mass is 207 g/mol. The molecule has 0 saturated carbocycles. The summed E-state index contributed by atoms with van der Waals surface area (Å²) in [5, 5.41) is 3.84. The fraction of sp³-hybridized carbons (Fsp3) is 0.133. The number of hydrogen-bond donors (Lipinski definition) is 0. The lowest BCUT2D eigenvalue weighted by Crippen LogP contribution is -1.89. The van der Waals surface area contributed by atoms with Crippen molar-refractivity contribution in [2.24, 2.45) is 0 Å². The molecule has 0 saturated heterocycles. The van der Waals surface area contributed by atoms with Crippen molar-refractivity contribution in [2.45, 2.75) is 13.8 Å². The van der Waals surface area contributed by atoms with Crippen LogP contribution in [0.15, 0.2) is 42.5 Å². The second-order valence-electron chi connectivity index (χ2n) is 4.21. The second-order valence-corrected chi connectivity index (χ2v) is 4.21. The van der Waals surface area contributed by atoms with E-state index in [1.165, 1.54) is 21.7 Å². The van der Waals surface area contributed by atoms with Crippen molar-refractivity contribution in [3.63, 3.8) is 0 Å². The Hall–Kier alpha value is -1.89. The van der Waals surface area contributed by atoms with Crippen molar-refractivity contribution in [2.75, 3.05) is 0 Å². The molecular weight excluding hydrogens is 194 g/mol. The molecule has 0 N–H and O–H groups in total. The van der Waals surface area contributed by atoms with Crippen molar-refractivity contribution in [3.8, 4) is 0 Å². The molecule has 78 valence electrons. The van der Waals surface area contributed by atoms with E-state index >= 15 is 0 Å². The Labute approximate surface area is 94.7 Å². The summed E-state index contributed by atoms with van der Waals surface area (Å²) in [7, 11) is 0. The highest BCUT2D eigenvalue weighted by Crippen LogP contribution is 2.28. The Bertz CT molecular complexity index is 683. The zero-order valence-corrected chi connectivity index (χ0v) is 9.49. The summed E-state index contributed by atoms with van der Waals surface area (Å²) in [6, 6.07) is 14.8. The third-order valence-electron chi connectivity index (χ3n) is 3.13. The molecule has 1 heteroatoms. The van der Waals surface area contributed by atoms with Crippen LogP contribution in [0.4, 0.5) is 0 Å². The number of rotatable bonds is 0. The van der Waals surface area contributed by atoms with Crippen molar-refractivity contribution in [1.29, 1.82) is 0 Å². The van der Waals surface area contributed by atoms with Crippen molar-refractivity contribution in [3.05, 3.63) is 53.7 Å². The maximum Gasteiger partial charge on any atom is 0.0714 e. The Morgan fingerprint density at radius 2 is 1.56 bits per heavy atom. The molecule has 0 fully saturated rings. The molecule has 3 rings (SSSR count). The molecule has 3 aromatic rings. The Balaban J connectivity index is 2.67. The highest BCUT2D eigenvalue weighted by molar-refractivity contribution is 6.08. The van der Waals surface area contributed by atoms with E-state index in [2.05, 4.69) is 61.3 Å². The van der Waals surface area contributed by atoms with Gasteiger partial charge in [0, 0.05) is 16.5 Å². The first-order chi connectivity index (χ1) is 7.77. The van der Waals surface area contributed by atoms with Gasteiger partial charge in [-0.15, -0.1) is 0 Å². The lowest BCUT2D eigenvalue weighted by Gasteiger charge is -2.08. The average molecular weight is 207 g/mol. The van der Waals surface area contributed by atoms with Crippen molar-refractivity contribution in [1.82, 2.24) is 4.98 Å². The van der Waals surface area contributed by atoms with Crippen LogP contribution in [0.25, 0.3) is 21.7 Å². The minimum absolute atomic E-state index is 1.09. The zero-order valence-electron chi connectivity index (χ0n) is 9.49. The molecule has 0 aliphatic heterocycles. The van der Waals surface area contributed by atoms with Gasteiger partial charge in [-0.1, -0.05) is 36.4 Å². The Morgan fingerprint density at radius 1 is 0.812 bits per heavy atom. The van der Waals surface area contributed by atoms with E-state index in [9.17, 15) is 0 Å². The number of pyridine rings is 1. The molecular formula is C15H13N. The van der Waals surface area contributed by atoms with Gasteiger partial charge in [-0.3, -0.25) is 4.98 Å². The van der Waals surface area contributed by atoms with Gasteiger partial charge in [-0.05, 0) is 30.9 Å². The van der Waals surface area contributed by atoms with Gasteiger partial charge < -0.3 is 0 Å². The molecule has 1 heterocycles. The predicted octanol–water partition coefficient (Wildman–Crippen LogP) is 4.00. The fourth-order valence-electron chi connectivity index (χ4n) is 2.35. The normalized spacial score (nSPS) is 11.1. The van der Waals surface area contributed by atoms with Crippen LogP contribution >= 0.6 is 0 Å². The first-order valence-corrected chi connectivity index (χ1v) is 5.52. The molecule has 0 aliphatic carbocycles. The predicted molar refractivity (Wildman–Crippen MR) is 68.7 cm³/mol. The van der Waals surface area contributed by atoms with Crippen LogP contribution in [-0.4, -0.2) is 4.98 Å². The summed E-state index contributed by atoms with van der Waals surface area (Å²) >= 11 is 0. The third kappa shape index (κ3) is 1.21. The quantitative estimate of drug-likeness (QED) is 0.508. The van der Waals surface area contributed by atoms with Crippen LogP contribution in [0.1, 0.15) is 11.3 Å². The molecule has 2 aromatic carbocycles. The van der Waals surface area contributed by atoms with Crippen LogP contribution in [0.2, 0.25) is 0 Å². The first kappa shape index (κ1) is 9.34. The zero-order chi connectivity index (χ0) is 11.1. The first-order valence-electron chi connectivity index (χ1n) is 5.52. The summed E-state index contributed by atoms with van der Waals surface area (Å²) in [5.74, 6) is 0. The standard InChI is InChI=1S/C15H13N/c1-10-6-5-9-14-15(10)13-8-4-3-7-12(13)11(2)16-14/h3-9H,1-2H3. The van der Waals surface area contributed by atoms with Crippen LogP contribution in [0.5, 0.6) is 0 Å². The molecule has 0 bridgehead atoms. The van der Waals surface area contributed by atoms with Gasteiger partial charge in [-0.25, -0.2) is 0 Å². The van der Waals surface area contributed by atoms with Crippen LogP contribution in [0, 0.1) is 13.8 Å². The second kappa shape index (κ2) is 3.31. The number of fused-ring (bicyclic) bond motifs is 3. The molecule has 0 unspecified atom stereocenters. The molecule has 0 aliphatic rings. The number of hydrogen-bond acceptors (Lipinski definition) is 1. The summed E-state index contributed by atoms with van der Waals surface area (Å²) in [6.45, 7) is 4.22. The van der Waals surface area contributed by atoms with Crippen molar-refractivity contribution < 1.29 is 0 Å². The van der Waals surface area contributed by atoms with Gasteiger partial charge in [0.05, 0.1) is 5.52 Å². The molecule has 0 spiro atoms. The number of benzene rings is 2. The van der Waals surface area contributed by atoms with Gasteiger partial charge in [0.15, 0.2) is 0 Å². The summed E-state index contributed by atoms with van der Waals surface area (Å²) in [6.07, 6.45) is 0. The SMILES string of the molecule is Cc1nc2cccc(C)c2c2ccccc12. The molecule has 1 aromatic heterocycles. The maximum absolute atomic E-state index is 4.66. The molecule has 16 heavy (non-hydrogen) atoms. The van der Waals surface area contributed by atoms with Crippen molar-refractivity contribution >= 4 is 21.7 Å². The Morgan fingerprint density at radius 3 is 2.38 bits per heavy atom.